The topological polar surface area (TPSA) is 41.6 Å². The van der Waals surface area contributed by atoms with Gasteiger partial charge in [0.2, 0.25) is 5.91 Å². The summed E-state index contributed by atoms with van der Waals surface area (Å²) < 4.78 is 5.78. The Balaban J connectivity index is 2.14. The third-order valence-electron chi connectivity index (χ3n) is 3.93. The van der Waals surface area contributed by atoms with Gasteiger partial charge in [-0.3, -0.25) is 9.69 Å². The van der Waals surface area contributed by atoms with Crippen molar-refractivity contribution < 1.29 is 9.53 Å². The SMILES string of the molecule is CCNC(=O)CN1CCC(CCC(C)OC(C)C)CC1. The minimum absolute atomic E-state index is 0.157. The predicted molar refractivity (Wildman–Crippen MR) is 82.8 cm³/mol. The van der Waals surface area contributed by atoms with Gasteiger partial charge in [0.1, 0.15) is 0 Å². The lowest BCUT2D eigenvalue weighted by molar-refractivity contribution is -0.122. The first-order valence-corrected chi connectivity index (χ1v) is 8.15. The smallest absolute Gasteiger partial charge is 0.234 e. The first kappa shape index (κ1) is 17.4. The molecular weight excluding hydrogens is 252 g/mol. The number of nitrogens with one attached hydrogen (secondary N) is 1. The minimum atomic E-state index is 0.157. The number of hydrogen-bond acceptors (Lipinski definition) is 3. The minimum Gasteiger partial charge on any atom is -0.376 e. The lowest BCUT2D eigenvalue weighted by Crippen LogP contribution is -2.41. The molecule has 0 aliphatic carbocycles. The van der Waals surface area contributed by atoms with Gasteiger partial charge < -0.3 is 10.1 Å². The van der Waals surface area contributed by atoms with Crippen LogP contribution in [0, 0.1) is 5.92 Å². The van der Waals surface area contributed by atoms with Gasteiger partial charge in [-0.25, -0.2) is 0 Å². The number of ether oxygens (including phenoxy) is 1. The van der Waals surface area contributed by atoms with E-state index in [1.807, 2.05) is 6.92 Å². The fourth-order valence-corrected chi connectivity index (χ4v) is 2.89. The normalized spacial score (nSPS) is 19.2. The summed E-state index contributed by atoms with van der Waals surface area (Å²) in [4.78, 5) is 13.8. The highest BCUT2D eigenvalue weighted by Crippen LogP contribution is 2.23. The van der Waals surface area contributed by atoms with Gasteiger partial charge >= 0.3 is 0 Å². The molecule has 0 spiro atoms. The van der Waals surface area contributed by atoms with Gasteiger partial charge in [0.15, 0.2) is 0 Å². The van der Waals surface area contributed by atoms with Crippen molar-refractivity contribution in [1.82, 2.24) is 10.2 Å². The summed E-state index contributed by atoms with van der Waals surface area (Å²) >= 11 is 0. The van der Waals surface area contributed by atoms with Crippen LogP contribution in [0.2, 0.25) is 0 Å². The lowest BCUT2D eigenvalue weighted by atomic mass is 9.91. The highest BCUT2D eigenvalue weighted by Gasteiger charge is 2.21. The monoisotopic (exact) mass is 284 g/mol. The molecule has 1 aliphatic rings. The van der Waals surface area contributed by atoms with Crippen LogP contribution in [-0.2, 0) is 9.53 Å². The summed E-state index contributed by atoms with van der Waals surface area (Å²) in [6, 6.07) is 0. The molecule has 1 rings (SSSR count). The summed E-state index contributed by atoms with van der Waals surface area (Å²) in [5.41, 5.74) is 0. The van der Waals surface area contributed by atoms with Crippen LogP contribution in [0.4, 0.5) is 0 Å². The van der Waals surface area contributed by atoms with E-state index in [4.69, 9.17) is 4.74 Å². The highest BCUT2D eigenvalue weighted by molar-refractivity contribution is 5.77. The Kier molecular flexibility index (Phi) is 8.15. The van der Waals surface area contributed by atoms with Gasteiger partial charge in [-0.1, -0.05) is 0 Å². The van der Waals surface area contributed by atoms with E-state index in [1.54, 1.807) is 0 Å². The van der Waals surface area contributed by atoms with Crippen molar-refractivity contribution in [2.45, 2.75) is 65.6 Å². The molecule has 1 aliphatic heterocycles. The number of carbonyl (C=O) groups excluding carboxylic acids is 1. The van der Waals surface area contributed by atoms with Crippen molar-refractivity contribution in [3.8, 4) is 0 Å². The molecular formula is C16H32N2O2. The zero-order chi connectivity index (χ0) is 15.0. The van der Waals surface area contributed by atoms with Crippen molar-refractivity contribution in [3.63, 3.8) is 0 Å². The van der Waals surface area contributed by atoms with Crippen molar-refractivity contribution in [1.29, 1.82) is 0 Å². The number of piperidine rings is 1. The van der Waals surface area contributed by atoms with Crippen LogP contribution in [-0.4, -0.2) is 49.2 Å². The van der Waals surface area contributed by atoms with Gasteiger partial charge in [0.05, 0.1) is 18.8 Å². The fraction of sp³-hybridized carbons (Fsp3) is 0.938. The maximum absolute atomic E-state index is 11.5. The summed E-state index contributed by atoms with van der Waals surface area (Å²) in [5.74, 6) is 0.962. The summed E-state index contributed by atoms with van der Waals surface area (Å²) in [6.07, 6.45) is 5.52. The second-order valence-corrected chi connectivity index (χ2v) is 6.25. The Labute approximate surface area is 124 Å². The average Bonchev–Trinajstić information content (AvgIpc) is 2.37. The van der Waals surface area contributed by atoms with E-state index in [2.05, 4.69) is 31.0 Å². The van der Waals surface area contributed by atoms with Crippen LogP contribution in [0.3, 0.4) is 0 Å². The maximum atomic E-state index is 11.5. The van der Waals surface area contributed by atoms with Crippen LogP contribution in [0.15, 0.2) is 0 Å². The summed E-state index contributed by atoms with van der Waals surface area (Å²) in [7, 11) is 0. The molecule has 1 fully saturated rings. The molecule has 118 valence electrons. The van der Waals surface area contributed by atoms with Crippen molar-refractivity contribution in [2.75, 3.05) is 26.2 Å². The zero-order valence-corrected chi connectivity index (χ0v) is 13.7. The Bertz CT molecular complexity index is 274. The molecule has 1 unspecified atom stereocenters. The number of likely N-dealkylation sites (N-methyl/N-ethyl adjacent to an activating group) is 1. The Morgan fingerprint density at radius 3 is 2.50 bits per heavy atom. The summed E-state index contributed by atoms with van der Waals surface area (Å²) in [6.45, 7) is 11.7. The van der Waals surface area contributed by atoms with Crippen LogP contribution in [0.1, 0.15) is 53.4 Å². The third-order valence-corrected chi connectivity index (χ3v) is 3.93. The lowest BCUT2D eigenvalue weighted by Gasteiger charge is -2.32. The molecule has 4 nitrogen and oxygen atoms in total. The van der Waals surface area contributed by atoms with Crippen LogP contribution >= 0.6 is 0 Å². The Morgan fingerprint density at radius 1 is 1.30 bits per heavy atom. The largest absolute Gasteiger partial charge is 0.376 e. The molecule has 1 atom stereocenters. The van der Waals surface area contributed by atoms with Crippen LogP contribution in [0.25, 0.3) is 0 Å². The molecule has 0 radical (unpaired) electrons. The van der Waals surface area contributed by atoms with Gasteiger partial charge in [0, 0.05) is 6.54 Å². The van der Waals surface area contributed by atoms with Crippen LogP contribution < -0.4 is 5.32 Å². The predicted octanol–water partition coefficient (Wildman–Crippen LogP) is 2.43. The Morgan fingerprint density at radius 2 is 1.95 bits per heavy atom. The molecule has 4 heteroatoms. The van der Waals surface area contributed by atoms with E-state index in [0.717, 1.165) is 32.0 Å². The first-order chi connectivity index (χ1) is 9.51. The third kappa shape index (κ3) is 7.25. The Hall–Kier alpha value is -0.610. The molecule has 0 aromatic rings. The van der Waals surface area contributed by atoms with Gasteiger partial charge in [-0.2, -0.15) is 0 Å². The number of rotatable bonds is 8. The molecule has 1 amide bonds. The second kappa shape index (κ2) is 9.35. The fourth-order valence-electron chi connectivity index (χ4n) is 2.89. The molecule has 1 saturated heterocycles. The van der Waals surface area contributed by atoms with E-state index in [9.17, 15) is 4.79 Å². The van der Waals surface area contributed by atoms with E-state index in [-0.39, 0.29) is 5.91 Å². The van der Waals surface area contributed by atoms with Crippen LogP contribution in [0.5, 0.6) is 0 Å². The number of carbonyl (C=O) groups is 1. The molecule has 1 N–H and O–H groups in total. The number of likely N-dealkylation sites (tertiary alicyclic amines) is 1. The van der Waals surface area contributed by atoms with Gasteiger partial charge in [0.25, 0.3) is 0 Å². The molecule has 0 aromatic carbocycles. The second-order valence-electron chi connectivity index (χ2n) is 6.25. The maximum Gasteiger partial charge on any atom is 0.234 e. The van der Waals surface area contributed by atoms with Crippen molar-refractivity contribution in [3.05, 3.63) is 0 Å². The molecule has 0 bridgehead atoms. The first-order valence-electron chi connectivity index (χ1n) is 8.15. The van der Waals surface area contributed by atoms with E-state index < -0.39 is 0 Å². The van der Waals surface area contributed by atoms with Crippen molar-refractivity contribution in [2.24, 2.45) is 5.92 Å². The van der Waals surface area contributed by atoms with Gasteiger partial charge in [-0.05, 0) is 72.4 Å². The van der Waals surface area contributed by atoms with E-state index in [1.165, 1.54) is 19.3 Å². The molecule has 0 aromatic heterocycles. The number of hydrogen-bond donors (Lipinski definition) is 1. The standard InChI is InChI=1S/C16H32N2O2/c1-5-17-16(19)12-18-10-8-15(9-11-18)7-6-14(4)20-13(2)3/h13-15H,5-12H2,1-4H3,(H,17,19). The van der Waals surface area contributed by atoms with E-state index >= 15 is 0 Å². The molecule has 20 heavy (non-hydrogen) atoms. The van der Waals surface area contributed by atoms with E-state index in [0.29, 0.717) is 18.8 Å². The zero-order valence-electron chi connectivity index (χ0n) is 13.7. The number of amides is 1. The highest BCUT2D eigenvalue weighted by atomic mass is 16.5. The molecule has 0 saturated carbocycles. The molecule has 1 heterocycles. The summed E-state index contributed by atoms with van der Waals surface area (Å²) in [5, 5.41) is 2.87. The number of nitrogens with zero attached hydrogens (tertiary/aromatic N) is 1. The quantitative estimate of drug-likeness (QED) is 0.744. The van der Waals surface area contributed by atoms with Crippen molar-refractivity contribution >= 4 is 5.91 Å². The van der Waals surface area contributed by atoms with Gasteiger partial charge in [-0.15, -0.1) is 0 Å². The average molecular weight is 284 g/mol.